The van der Waals surface area contributed by atoms with Crippen molar-refractivity contribution in [3.63, 3.8) is 0 Å². The fourth-order valence-corrected chi connectivity index (χ4v) is 1.83. The molecule has 1 aromatic carbocycles. The first-order chi connectivity index (χ1) is 6.06. The van der Waals surface area contributed by atoms with Crippen LogP contribution in [0.1, 0.15) is 20.7 Å². The summed E-state index contributed by atoms with van der Waals surface area (Å²) >= 11 is 8.74. The normalized spacial score (nSPS) is 9.69. The Morgan fingerprint density at radius 1 is 1.54 bits per heavy atom. The predicted octanol–water partition coefficient (Wildman–Crippen LogP) is 2.61. The number of carboxylic acids is 1. The molecule has 0 saturated heterocycles. The van der Waals surface area contributed by atoms with Crippen molar-refractivity contribution in [1.82, 2.24) is 0 Å². The SMILES string of the molecule is O=Cc1cc(Br)cc(Cl)c1C(=O)O. The van der Waals surface area contributed by atoms with E-state index in [9.17, 15) is 9.59 Å². The number of rotatable bonds is 2. The average Bonchev–Trinajstić information content (AvgIpc) is 2.01. The summed E-state index contributed by atoms with van der Waals surface area (Å²) in [5, 5.41) is 8.76. The number of aldehydes is 1. The summed E-state index contributed by atoms with van der Waals surface area (Å²) in [6, 6.07) is 2.83. The van der Waals surface area contributed by atoms with Gasteiger partial charge in [-0.25, -0.2) is 4.79 Å². The second-order valence-electron chi connectivity index (χ2n) is 2.27. The quantitative estimate of drug-likeness (QED) is 0.835. The molecule has 0 aliphatic rings. The summed E-state index contributed by atoms with van der Waals surface area (Å²) in [7, 11) is 0. The summed E-state index contributed by atoms with van der Waals surface area (Å²) < 4.78 is 0.574. The lowest BCUT2D eigenvalue weighted by Crippen LogP contribution is -2.02. The number of aromatic carboxylic acids is 1. The van der Waals surface area contributed by atoms with Gasteiger partial charge >= 0.3 is 5.97 Å². The summed E-state index contributed by atoms with van der Waals surface area (Å²) in [5.41, 5.74) is -0.105. The van der Waals surface area contributed by atoms with E-state index >= 15 is 0 Å². The third-order valence-electron chi connectivity index (χ3n) is 1.43. The van der Waals surface area contributed by atoms with Gasteiger partial charge in [-0.05, 0) is 12.1 Å². The van der Waals surface area contributed by atoms with Crippen molar-refractivity contribution in [2.45, 2.75) is 0 Å². The molecule has 0 heterocycles. The number of carbonyl (C=O) groups is 2. The van der Waals surface area contributed by atoms with Gasteiger partial charge in [-0.1, -0.05) is 27.5 Å². The third-order valence-corrected chi connectivity index (χ3v) is 2.18. The molecule has 0 radical (unpaired) electrons. The zero-order chi connectivity index (χ0) is 10.0. The molecule has 68 valence electrons. The second-order valence-corrected chi connectivity index (χ2v) is 3.60. The van der Waals surface area contributed by atoms with Gasteiger partial charge < -0.3 is 5.11 Å². The summed E-state index contributed by atoms with van der Waals surface area (Å²) in [6.07, 6.45) is 0.458. The molecule has 1 rings (SSSR count). The highest BCUT2D eigenvalue weighted by Crippen LogP contribution is 2.24. The van der Waals surface area contributed by atoms with E-state index in [2.05, 4.69) is 15.9 Å². The Bertz CT molecular complexity index is 376. The fraction of sp³-hybridized carbons (Fsp3) is 0. The molecule has 0 aliphatic carbocycles. The van der Waals surface area contributed by atoms with Gasteiger partial charge in [-0.3, -0.25) is 4.79 Å². The van der Waals surface area contributed by atoms with Gasteiger partial charge in [0.25, 0.3) is 0 Å². The highest BCUT2D eigenvalue weighted by Gasteiger charge is 2.14. The van der Waals surface area contributed by atoms with E-state index in [0.717, 1.165) is 0 Å². The number of hydrogen-bond acceptors (Lipinski definition) is 2. The van der Waals surface area contributed by atoms with Crippen molar-refractivity contribution >= 4 is 39.8 Å². The Morgan fingerprint density at radius 2 is 2.15 bits per heavy atom. The van der Waals surface area contributed by atoms with Crippen LogP contribution in [0.3, 0.4) is 0 Å². The molecule has 1 N–H and O–H groups in total. The number of hydrogen-bond donors (Lipinski definition) is 1. The van der Waals surface area contributed by atoms with Gasteiger partial charge in [0, 0.05) is 10.0 Å². The summed E-state index contributed by atoms with van der Waals surface area (Å²) in [5.74, 6) is -1.21. The first-order valence-corrected chi connectivity index (χ1v) is 4.41. The van der Waals surface area contributed by atoms with E-state index in [1.165, 1.54) is 12.1 Å². The lowest BCUT2D eigenvalue weighted by molar-refractivity contribution is 0.0694. The molecule has 13 heavy (non-hydrogen) atoms. The van der Waals surface area contributed by atoms with Crippen LogP contribution in [0.4, 0.5) is 0 Å². The molecule has 3 nitrogen and oxygen atoms in total. The molecule has 0 bridgehead atoms. The van der Waals surface area contributed by atoms with Crippen molar-refractivity contribution < 1.29 is 14.7 Å². The van der Waals surface area contributed by atoms with Gasteiger partial charge in [-0.15, -0.1) is 0 Å². The van der Waals surface area contributed by atoms with E-state index in [1.54, 1.807) is 0 Å². The van der Waals surface area contributed by atoms with Crippen molar-refractivity contribution in [1.29, 1.82) is 0 Å². The van der Waals surface area contributed by atoms with Crippen molar-refractivity contribution in [3.05, 3.63) is 32.8 Å². The van der Waals surface area contributed by atoms with Crippen LogP contribution in [0.5, 0.6) is 0 Å². The first-order valence-electron chi connectivity index (χ1n) is 3.23. The molecule has 0 spiro atoms. The number of carboxylic acid groups (broad SMARTS) is 1. The molecule has 0 fully saturated rings. The number of benzene rings is 1. The predicted molar refractivity (Wildman–Crippen MR) is 51.5 cm³/mol. The lowest BCUT2D eigenvalue weighted by Gasteiger charge is -2.02. The highest BCUT2D eigenvalue weighted by atomic mass is 79.9. The molecule has 0 aliphatic heterocycles. The molecular weight excluding hydrogens is 259 g/mol. The van der Waals surface area contributed by atoms with Gasteiger partial charge in [0.15, 0.2) is 6.29 Å². The lowest BCUT2D eigenvalue weighted by atomic mass is 10.1. The van der Waals surface area contributed by atoms with Gasteiger partial charge in [0.2, 0.25) is 0 Å². The Labute approximate surface area is 87.4 Å². The Kier molecular flexibility index (Phi) is 3.06. The zero-order valence-electron chi connectivity index (χ0n) is 6.25. The van der Waals surface area contributed by atoms with Crippen LogP contribution in [0.25, 0.3) is 0 Å². The van der Waals surface area contributed by atoms with Crippen molar-refractivity contribution in [3.8, 4) is 0 Å². The van der Waals surface area contributed by atoms with Crippen LogP contribution in [0.2, 0.25) is 5.02 Å². The molecule has 0 atom stereocenters. The smallest absolute Gasteiger partial charge is 0.337 e. The minimum Gasteiger partial charge on any atom is -0.478 e. The molecule has 0 saturated carbocycles. The van der Waals surface area contributed by atoms with E-state index < -0.39 is 5.97 Å². The second kappa shape index (κ2) is 3.89. The fourth-order valence-electron chi connectivity index (χ4n) is 0.912. The van der Waals surface area contributed by atoms with E-state index in [4.69, 9.17) is 16.7 Å². The van der Waals surface area contributed by atoms with E-state index in [1.807, 2.05) is 0 Å². The monoisotopic (exact) mass is 262 g/mol. The largest absolute Gasteiger partial charge is 0.478 e. The summed E-state index contributed by atoms with van der Waals surface area (Å²) in [4.78, 5) is 21.1. The van der Waals surface area contributed by atoms with Crippen LogP contribution >= 0.6 is 27.5 Å². The van der Waals surface area contributed by atoms with E-state index in [0.29, 0.717) is 10.8 Å². The molecule has 0 amide bonds. The van der Waals surface area contributed by atoms with Gasteiger partial charge in [0.05, 0.1) is 10.6 Å². The first kappa shape index (κ1) is 10.2. The minimum atomic E-state index is -1.21. The molecule has 0 aromatic heterocycles. The van der Waals surface area contributed by atoms with Crippen molar-refractivity contribution in [2.75, 3.05) is 0 Å². The van der Waals surface area contributed by atoms with Crippen LogP contribution in [-0.4, -0.2) is 17.4 Å². The Hall–Kier alpha value is -0.870. The van der Waals surface area contributed by atoms with Crippen molar-refractivity contribution in [2.24, 2.45) is 0 Å². The minimum absolute atomic E-state index is 0.0453. The van der Waals surface area contributed by atoms with Gasteiger partial charge in [0.1, 0.15) is 0 Å². The van der Waals surface area contributed by atoms with Crippen LogP contribution in [0, 0.1) is 0 Å². The molecule has 5 heteroatoms. The maximum Gasteiger partial charge on any atom is 0.337 e. The van der Waals surface area contributed by atoms with Crippen LogP contribution < -0.4 is 0 Å². The highest BCUT2D eigenvalue weighted by molar-refractivity contribution is 9.10. The third kappa shape index (κ3) is 2.08. The van der Waals surface area contributed by atoms with E-state index in [-0.39, 0.29) is 16.1 Å². The number of halogens is 2. The molecule has 1 aromatic rings. The maximum absolute atomic E-state index is 10.7. The topological polar surface area (TPSA) is 54.4 Å². The summed E-state index contributed by atoms with van der Waals surface area (Å²) in [6.45, 7) is 0. The van der Waals surface area contributed by atoms with Gasteiger partial charge in [-0.2, -0.15) is 0 Å². The van der Waals surface area contributed by atoms with Crippen LogP contribution in [0.15, 0.2) is 16.6 Å². The maximum atomic E-state index is 10.7. The number of carbonyl (C=O) groups excluding carboxylic acids is 1. The standard InChI is InChI=1S/C8H4BrClO3/c9-5-1-4(3-11)7(8(12)13)6(10)2-5/h1-3H,(H,12,13). The Balaban J connectivity index is 3.47. The van der Waals surface area contributed by atoms with Crippen LogP contribution in [-0.2, 0) is 0 Å². The average molecular weight is 263 g/mol. The molecular formula is C8H4BrClO3. The molecule has 0 unspecified atom stereocenters. The Morgan fingerprint density at radius 3 is 2.62 bits per heavy atom. The zero-order valence-corrected chi connectivity index (χ0v) is 8.59.